The zero-order chi connectivity index (χ0) is 13.4. The van der Waals surface area contributed by atoms with Crippen LogP contribution in [-0.4, -0.2) is 6.21 Å². The van der Waals surface area contributed by atoms with Crippen molar-refractivity contribution < 1.29 is 0 Å². The first-order valence-corrected chi connectivity index (χ1v) is 6.75. The fourth-order valence-electron chi connectivity index (χ4n) is 2.70. The number of allylic oxidation sites excluding steroid dienone is 1. The van der Waals surface area contributed by atoms with Gasteiger partial charge in [0.05, 0.1) is 5.69 Å². The van der Waals surface area contributed by atoms with Crippen LogP contribution < -0.4 is 0 Å². The molecule has 0 saturated heterocycles. The highest BCUT2D eigenvalue weighted by Crippen LogP contribution is 2.33. The third kappa shape index (κ3) is 1.76. The summed E-state index contributed by atoms with van der Waals surface area (Å²) >= 11 is 0. The molecule has 4 rings (SSSR count). The van der Waals surface area contributed by atoms with Crippen LogP contribution >= 0.6 is 0 Å². The van der Waals surface area contributed by atoms with Crippen LogP contribution in [0.25, 0.3) is 22.4 Å². The van der Waals surface area contributed by atoms with Gasteiger partial charge in [-0.05, 0) is 28.5 Å². The van der Waals surface area contributed by atoms with Crippen LogP contribution in [0.3, 0.4) is 0 Å². The van der Waals surface area contributed by atoms with Crippen molar-refractivity contribution >= 4 is 34.3 Å². The standard InChI is InChI=1S/C19H13N/c1-2-9-17-14(6-1)7-5-8-15(17)12-16-13-20-19-11-4-3-10-18(16)19/h1-13H. The van der Waals surface area contributed by atoms with E-state index in [0.717, 1.165) is 5.69 Å². The summed E-state index contributed by atoms with van der Waals surface area (Å²) < 4.78 is 0. The minimum absolute atomic E-state index is 1.05. The SMILES string of the molecule is C1=Nc2ccccc2C1=Cc1cccc2ccccc12. The monoisotopic (exact) mass is 255 g/mol. The Balaban J connectivity index is 1.90. The lowest BCUT2D eigenvalue weighted by atomic mass is 10.00. The smallest absolute Gasteiger partial charge is 0.0708 e. The minimum Gasteiger partial charge on any atom is -0.256 e. The van der Waals surface area contributed by atoms with Crippen molar-refractivity contribution in [1.82, 2.24) is 0 Å². The van der Waals surface area contributed by atoms with Gasteiger partial charge in [-0.2, -0.15) is 0 Å². The predicted molar refractivity (Wildman–Crippen MR) is 86.4 cm³/mol. The van der Waals surface area contributed by atoms with E-state index in [9.17, 15) is 0 Å². The molecule has 0 atom stereocenters. The van der Waals surface area contributed by atoms with E-state index in [0.29, 0.717) is 0 Å². The first-order chi connectivity index (χ1) is 9.92. The molecule has 94 valence electrons. The second-order valence-electron chi connectivity index (χ2n) is 4.94. The van der Waals surface area contributed by atoms with Crippen molar-refractivity contribution in [1.29, 1.82) is 0 Å². The third-order valence-corrected chi connectivity index (χ3v) is 3.69. The molecule has 0 saturated carbocycles. The summed E-state index contributed by atoms with van der Waals surface area (Å²) in [6.45, 7) is 0. The van der Waals surface area contributed by atoms with Gasteiger partial charge < -0.3 is 0 Å². The first-order valence-electron chi connectivity index (χ1n) is 6.75. The predicted octanol–water partition coefficient (Wildman–Crippen LogP) is 5.10. The summed E-state index contributed by atoms with van der Waals surface area (Å²) in [5.74, 6) is 0. The Bertz CT molecular complexity index is 851. The second-order valence-corrected chi connectivity index (χ2v) is 4.94. The molecule has 1 nitrogen and oxygen atoms in total. The molecule has 3 aromatic carbocycles. The maximum atomic E-state index is 4.46. The Morgan fingerprint density at radius 3 is 2.55 bits per heavy atom. The Labute approximate surface area is 117 Å². The summed E-state index contributed by atoms with van der Waals surface area (Å²) in [4.78, 5) is 4.46. The van der Waals surface area contributed by atoms with Crippen LogP contribution in [0.2, 0.25) is 0 Å². The summed E-state index contributed by atoms with van der Waals surface area (Å²) in [7, 11) is 0. The largest absolute Gasteiger partial charge is 0.256 e. The van der Waals surface area contributed by atoms with E-state index in [1.807, 2.05) is 12.3 Å². The maximum absolute atomic E-state index is 4.46. The van der Waals surface area contributed by atoms with Crippen LogP contribution in [0.15, 0.2) is 71.7 Å². The van der Waals surface area contributed by atoms with E-state index in [-0.39, 0.29) is 0 Å². The van der Waals surface area contributed by atoms with Crippen molar-refractivity contribution in [3.05, 3.63) is 77.9 Å². The Morgan fingerprint density at radius 1 is 0.750 bits per heavy atom. The van der Waals surface area contributed by atoms with Gasteiger partial charge in [-0.3, -0.25) is 4.99 Å². The van der Waals surface area contributed by atoms with Crippen LogP contribution in [0.4, 0.5) is 5.69 Å². The highest BCUT2D eigenvalue weighted by Gasteiger charge is 2.11. The number of aliphatic imine (C=N–C) groups is 1. The summed E-state index contributed by atoms with van der Waals surface area (Å²) in [6.07, 6.45) is 4.17. The maximum Gasteiger partial charge on any atom is 0.0708 e. The van der Waals surface area contributed by atoms with E-state index in [1.54, 1.807) is 0 Å². The van der Waals surface area contributed by atoms with Gasteiger partial charge in [-0.15, -0.1) is 0 Å². The molecule has 0 amide bonds. The van der Waals surface area contributed by atoms with Gasteiger partial charge >= 0.3 is 0 Å². The van der Waals surface area contributed by atoms with Gasteiger partial charge in [0.15, 0.2) is 0 Å². The van der Waals surface area contributed by atoms with Crippen molar-refractivity contribution in [2.75, 3.05) is 0 Å². The van der Waals surface area contributed by atoms with E-state index < -0.39 is 0 Å². The van der Waals surface area contributed by atoms with Crippen LogP contribution in [0, 0.1) is 0 Å². The average Bonchev–Trinajstić information content (AvgIpc) is 2.91. The number of benzene rings is 3. The third-order valence-electron chi connectivity index (χ3n) is 3.69. The van der Waals surface area contributed by atoms with Gasteiger partial charge in [0.25, 0.3) is 0 Å². The van der Waals surface area contributed by atoms with Gasteiger partial charge in [0, 0.05) is 17.4 Å². The lowest BCUT2D eigenvalue weighted by Gasteiger charge is -2.04. The Morgan fingerprint density at radius 2 is 1.55 bits per heavy atom. The van der Waals surface area contributed by atoms with Crippen LogP contribution in [0.1, 0.15) is 11.1 Å². The van der Waals surface area contributed by atoms with Gasteiger partial charge in [-0.1, -0.05) is 60.7 Å². The van der Waals surface area contributed by atoms with E-state index in [1.165, 1.54) is 27.5 Å². The first kappa shape index (κ1) is 11.2. The molecule has 1 aliphatic heterocycles. The van der Waals surface area contributed by atoms with Crippen molar-refractivity contribution in [2.24, 2.45) is 4.99 Å². The van der Waals surface area contributed by atoms with Crippen LogP contribution in [-0.2, 0) is 0 Å². The van der Waals surface area contributed by atoms with Crippen molar-refractivity contribution in [3.63, 3.8) is 0 Å². The fraction of sp³-hybridized carbons (Fsp3) is 0. The fourth-order valence-corrected chi connectivity index (χ4v) is 2.70. The van der Waals surface area contributed by atoms with Gasteiger partial charge in [0.1, 0.15) is 0 Å². The van der Waals surface area contributed by atoms with Gasteiger partial charge in [-0.25, -0.2) is 0 Å². The number of fused-ring (bicyclic) bond motifs is 2. The molecule has 0 aromatic heterocycles. The van der Waals surface area contributed by atoms with Crippen molar-refractivity contribution in [2.45, 2.75) is 0 Å². The summed E-state index contributed by atoms with van der Waals surface area (Å²) in [5, 5.41) is 2.55. The number of rotatable bonds is 1. The molecule has 1 aliphatic rings. The normalized spacial score (nSPS) is 14.9. The molecule has 0 aliphatic carbocycles. The number of nitrogens with zero attached hydrogens (tertiary/aromatic N) is 1. The molecular formula is C19H13N. The highest BCUT2D eigenvalue weighted by atomic mass is 14.7. The molecular weight excluding hydrogens is 242 g/mol. The molecule has 1 heterocycles. The van der Waals surface area contributed by atoms with Gasteiger partial charge in [0.2, 0.25) is 0 Å². The molecule has 0 unspecified atom stereocenters. The zero-order valence-electron chi connectivity index (χ0n) is 11.0. The average molecular weight is 255 g/mol. The summed E-state index contributed by atoms with van der Waals surface area (Å²) in [5.41, 5.74) is 4.68. The quantitative estimate of drug-likeness (QED) is 0.574. The highest BCUT2D eigenvalue weighted by molar-refractivity contribution is 6.22. The molecule has 0 bridgehead atoms. The number of hydrogen-bond donors (Lipinski definition) is 0. The molecule has 0 spiro atoms. The molecule has 1 heteroatoms. The van der Waals surface area contributed by atoms with E-state index in [2.05, 4.69) is 71.7 Å². The Kier molecular flexibility index (Phi) is 2.49. The zero-order valence-corrected chi connectivity index (χ0v) is 11.0. The molecule has 0 radical (unpaired) electrons. The molecule has 20 heavy (non-hydrogen) atoms. The molecule has 0 fully saturated rings. The minimum atomic E-state index is 1.05. The van der Waals surface area contributed by atoms with E-state index in [4.69, 9.17) is 0 Å². The topological polar surface area (TPSA) is 12.4 Å². The lowest BCUT2D eigenvalue weighted by molar-refractivity contribution is 1.55. The van der Waals surface area contributed by atoms with Crippen LogP contribution in [0.5, 0.6) is 0 Å². The summed E-state index contributed by atoms with van der Waals surface area (Å²) in [6, 6.07) is 23.1. The lowest BCUT2D eigenvalue weighted by Crippen LogP contribution is -1.82. The van der Waals surface area contributed by atoms with Crippen molar-refractivity contribution in [3.8, 4) is 0 Å². The second kappa shape index (κ2) is 4.46. The number of hydrogen-bond acceptors (Lipinski definition) is 1. The Hall–Kier alpha value is -2.67. The molecule has 3 aromatic rings. The van der Waals surface area contributed by atoms with E-state index >= 15 is 0 Å². The number of para-hydroxylation sites is 1. The molecule has 0 N–H and O–H groups in total.